The quantitative estimate of drug-likeness (QED) is 0.276. The first-order chi connectivity index (χ1) is 14.9. The summed E-state index contributed by atoms with van der Waals surface area (Å²) in [6.45, 7) is 6.42. The Kier molecular flexibility index (Phi) is 4.30. The number of hydrogen-bond donors (Lipinski definition) is 2. The molecular weight excluding hydrogens is 380 g/mol. The Morgan fingerprint density at radius 2 is 1.26 bits per heavy atom. The number of nitrogens with two attached hydrogens (primary N) is 2. The molecule has 0 fully saturated rings. The van der Waals surface area contributed by atoms with Gasteiger partial charge in [-0.1, -0.05) is 30.4 Å². The zero-order valence-corrected chi connectivity index (χ0v) is 18.1. The van der Waals surface area contributed by atoms with Gasteiger partial charge >= 0.3 is 0 Å². The molecule has 1 heterocycles. The molecule has 0 unspecified atom stereocenters. The van der Waals surface area contributed by atoms with Crippen molar-refractivity contribution < 1.29 is 4.74 Å². The molecule has 0 saturated carbocycles. The van der Waals surface area contributed by atoms with Gasteiger partial charge in [-0.3, -0.25) is 0 Å². The zero-order chi connectivity index (χ0) is 21.8. The highest BCUT2D eigenvalue weighted by atomic mass is 16.5. The second-order valence-electron chi connectivity index (χ2n) is 8.38. The molecule has 4 aromatic carbocycles. The van der Waals surface area contributed by atoms with Crippen LogP contribution in [0.5, 0.6) is 11.5 Å². The number of hydrogen-bond acceptors (Lipinski definition) is 3. The average Bonchev–Trinajstić information content (AvgIpc) is 2.76. The molecule has 154 valence electrons. The van der Waals surface area contributed by atoms with E-state index in [1.54, 1.807) is 0 Å². The van der Waals surface area contributed by atoms with Gasteiger partial charge in [-0.2, -0.15) is 0 Å². The summed E-state index contributed by atoms with van der Waals surface area (Å²) in [6, 6.07) is 20.7. The summed E-state index contributed by atoms with van der Waals surface area (Å²) in [5.74, 6) is 1.76. The summed E-state index contributed by atoms with van der Waals surface area (Å²) in [5.41, 5.74) is 16.8. The van der Waals surface area contributed by atoms with Gasteiger partial charge in [0.05, 0.1) is 0 Å². The Labute approximate surface area is 182 Å². The second kappa shape index (κ2) is 6.92. The van der Waals surface area contributed by atoms with E-state index in [0.717, 1.165) is 55.5 Å². The van der Waals surface area contributed by atoms with E-state index in [1.165, 1.54) is 5.57 Å². The van der Waals surface area contributed by atoms with Crippen molar-refractivity contribution in [2.24, 2.45) is 0 Å². The van der Waals surface area contributed by atoms with Crippen molar-refractivity contribution >= 4 is 32.9 Å². The monoisotopic (exact) mass is 406 g/mol. The maximum Gasteiger partial charge on any atom is 0.132 e. The molecule has 0 amide bonds. The van der Waals surface area contributed by atoms with Gasteiger partial charge in [0.25, 0.3) is 0 Å². The van der Waals surface area contributed by atoms with E-state index in [9.17, 15) is 0 Å². The molecule has 0 aliphatic carbocycles. The third-order valence-corrected chi connectivity index (χ3v) is 6.46. The van der Waals surface area contributed by atoms with Crippen LogP contribution in [0.25, 0.3) is 21.5 Å². The van der Waals surface area contributed by atoms with Crippen molar-refractivity contribution in [3.05, 3.63) is 95.6 Å². The molecule has 0 spiro atoms. The first-order valence-electron chi connectivity index (χ1n) is 10.6. The van der Waals surface area contributed by atoms with E-state index >= 15 is 0 Å². The van der Waals surface area contributed by atoms with Crippen molar-refractivity contribution in [1.29, 1.82) is 0 Å². The summed E-state index contributed by atoms with van der Waals surface area (Å²) < 4.78 is 6.51. The third kappa shape index (κ3) is 2.89. The number of ether oxygens (including phenoxy) is 1. The van der Waals surface area contributed by atoms with Gasteiger partial charge in [-0.05, 0) is 96.4 Å². The highest BCUT2D eigenvalue weighted by Gasteiger charge is 2.40. The third-order valence-electron chi connectivity index (χ3n) is 6.46. The molecule has 3 nitrogen and oxygen atoms in total. The molecule has 3 heteroatoms. The maximum atomic E-state index is 6.51. The fraction of sp³-hybridized carbons (Fsp3) is 0.143. The standard InChI is InChI=1S/C28H26N2O/c1-4-6-21(5-2)28(3)24-13-19-11-22(29)9-7-17(19)15-26(24)31-27-16-18-8-10-23(30)12-20(18)14-25(27)28/h4-16H,29-30H2,1-3H3/b6-4-,21-5+. The van der Waals surface area contributed by atoms with Gasteiger partial charge in [0.2, 0.25) is 0 Å². The van der Waals surface area contributed by atoms with Gasteiger partial charge in [-0.15, -0.1) is 0 Å². The minimum Gasteiger partial charge on any atom is -0.457 e. The van der Waals surface area contributed by atoms with E-state index in [-0.39, 0.29) is 5.41 Å². The Hall–Kier alpha value is -3.72. The molecule has 4 N–H and O–H groups in total. The van der Waals surface area contributed by atoms with Gasteiger partial charge < -0.3 is 16.2 Å². The van der Waals surface area contributed by atoms with Crippen LogP contribution in [-0.4, -0.2) is 0 Å². The van der Waals surface area contributed by atoms with Gasteiger partial charge in [0.15, 0.2) is 0 Å². The van der Waals surface area contributed by atoms with Crippen LogP contribution in [0.4, 0.5) is 11.4 Å². The number of allylic oxidation sites excluding steroid dienone is 4. The summed E-state index contributed by atoms with van der Waals surface area (Å²) in [4.78, 5) is 0. The van der Waals surface area contributed by atoms with E-state index in [1.807, 2.05) is 36.4 Å². The number of nitrogen functional groups attached to an aromatic ring is 2. The predicted octanol–water partition coefficient (Wildman–Crippen LogP) is 7.09. The van der Waals surface area contributed by atoms with Crippen LogP contribution in [0.3, 0.4) is 0 Å². The normalized spacial score (nSPS) is 15.1. The van der Waals surface area contributed by atoms with Crippen LogP contribution in [0, 0.1) is 0 Å². The van der Waals surface area contributed by atoms with Gasteiger partial charge in [0.1, 0.15) is 11.5 Å². The lowest BCUT2D eigenvalue weighted by atomic mass is 9.68. The molecule has 5 rings (SSSR count). The Balaban J connectivity index is 1.88. The summed E-state index contributed by atoms with van der Waals surface area (Å²) >= 11 is 0. The lowest BCUT2D eigenvalue weighted by Gasteiger charge is -2.39. The number of anilines is 2. The van der Waals surface area contributed by atoms with Crippen LogP contribution in [0.2, 0.25) is 0 Å². The number of rotatable bonds is 2. The lowest BCUT2D eigenvalue weighted by molar-refractivity contribution is 0.428. The number of benzene rings is 4. The molecule has 0 aromatic heterocycles. The van der Waals surface area contributed by atoms with E-state index in [2.05, 4.69) is 63.3 Å². The Morgan fingerprint density at radius 1 is 0.742 bits per heavy atom. The summed E-state index contributed by atoms with van der Waals surface area (Å²) in [6.07, 6.45) is 6.46. The fourth-order valence-corrected chi connectivity index (χ4v) is 4.85. The Bertz CT molecular complexity index is 1320. The van der Waals surface area contributed by atoms with Crippen molar-refractivity contribution in [2.75, 3.05) is 11.5 Å². The van der Waals surface area contributed by atoms with E-state index in [4.69, 9.17) is 16.2 Å². The molecule has 1 aliphatic rings. The number of fused-ring (bicyclic) bond motifs is 4. The van der Waals surface area contributed by atoms with E-state index in [0.29, 0.717) is 0 Å². The van der Waals surface area contributed by atoms with Crippen LogP contribution < -0.4 is 16.2 Å². The fourth-order valence-electron chi connectivity index (χ4n) is 4.85. The predicted molar refractivity (Wildman–Crippen MR) is 132 cm³/mol. The first kappa shape index (κ1) is 19.3. The minimum atomic E-state index is -0.387. The molecule has 0 bridgehead atoms. The van der Waals surface area contributed by atoms with Gasteiger partial charge in [0, 0.05) is 27.9 Å². The Morgan fingerprint density at radius 3 is 1.71 bits per heavy atom. The SMILES string of the molecule is C/C=C\C(=C/C)C1(C)c2cc3cc(N)ccc3cc2Oc2cc3ccc(N)cc3cc21. The topological polar surface area (TPSA) is 61.3 Å². The van der Waals surface area contributed by atoms with Crippen LogP contribution in [0.15, 0.2) is 84.5 Å². The second-order valence-corrected chi connectivity index (χ2v) is 8.38. The van der Waals surface area contributed by atoms with Crippen molar-refractivity contribution in [3.8, 4) is 11.5 Å². The highest BCUT2D eigenvalue weighted by Crippen LogP contribution is 2.54. The molecule has 31 heavy (non-hydrogen) atoms. The molecular formula is C28H26N2O. The summed E-state index contributed by atoms with van der Waals surface area (Å²) in [7, 11) is 0. The van der Waals surface area contributed by atoms with Crippen LogP contribution in [-0.2, 0) is 5.41 Å². The van der Waals surface area contributed by atoms with Crippen LogP contribution in [0.1, 0.15) is 31.9 Å². The zero-order valence-electron chi connectivity index (χ0n) is 18.1. The van der Waals surface area contributed by atoms with Crippen molar-refractivity contribution in [2.45, 2.75) is 26.2 Å². The minimum absolute atomic E-state index is 0.387. The molecule has 1 aliphatic heterocycles. The molecule has 0 atom stereocenters. The van der Waals surface area contributed by atoms with Crippen molar-refractivity contribution in [1.82, 2.24) is 0 Å². The average molecular weight is 407 g/mol. The molecule has 4 aromatic rings. The lowest BCUT2D eigenvalue weighted by Crippen LogP contribution is -2.30. The first-order valence-corrected chi connectivity index (χ1v) is 10.6. The van der Waals surface area contributed by atoms with E-state index < -0.39 is 0 Å². The van der Waals surface area contributed by atoms with Crippen LogP contribution >= 0.6 is 0 Å². The molecule has 0 radical (unpaired) electrons. The summed E-state index contributed by atoms with van der Waals surface area (Å²) in [5, 5.41) is 4.44. The van der Waals surface area contributed by atoms with Gasteiger partial charge in [-0.25, -0.2) is 0 Å². The smallest absolute Gasteiger partial charge is 0.132 e. The van der Waals surface area contributed by atoms with Crippen molar-refractivity contribution in [3.63, 3.8) is 0 Å². The molecule has 0 saturated heterocycles. The highest BCUT2D eigenvalue weighted by molar-refractivity contribution is 5.92. The maximum absolute atomic E-state index is 6.51. The largest absolute Gasteiger partial charge is 0.457 e.